The Morgan fingerprint density at radius 3 is 2.39 bits per heavy atom. The smallest absolute Gasteiger partial charge is 0.227 e. The van der Waals surface area contributed by atoms with E-state index in [0.717, 1.165) is 50.3 Å². The third-order valence-corrected chi connectivity index (χ3v) is 6.45. The lowest BCUT2D eigenvalue weighted by Gasteiger charge is -2.53. The first-order valence-electron chi connectivity index (χ1n) is 9.65. The summed E-state index contributed by atoms with van der Waals surface area (Å²) in [5.74, 6) is -0.493. The first-order chi connectivity index (χ1) is 13.4. The molecule has 0 atom stereocenters. The second kappa shape index (κ2) is 8.02. The van der Waals surface area contributed by atoms with Crippen molar-refractivity contribution in [3.05, 3.63) is 63.9 Å². The van der Waals surface area contributed by atoms with E-state index in [2.05, 4.69) is 22.3 Å². The lowest BCUT2D eigenvalue weighted by Crippen LogP contribution is -2.57. The van der Waals surface area contributed by atoms with E-state index in [1.165, 1.54) is 17.7 Å². The maximum absolute atomic E-state index is 13.4. The number of likely N-dealkylation sites (tertiary alicyclic amines) is 1. The van der Waals surface area contributed by atoms with Crippen LogP contribution in [0.5, 0.6) is 0 Å². The van der Waals surface area contributed by atoms with Gasteiger partial charge in [0.05, 0.1) is 0 Å². The predicted molar refractivity (Wildman–Crippen MR) is 111 cm³/mol. The maximum atomic E-state index is 13.4. The van der Waals surface area contributed by atoms with Crippen molar-refractivity contribution >= 4 is 34.8 Å². The average Bonchev–Trinajstić information content (AvgIpc) is 2.62. The number of nitrogens with zero attached hydrogens (tertiary/aromatic N) is 1. The molecule has 0 aromatic heterocycles. The molecule has 28 heavy (non-hydrogen) atoms. The molecule has 4 rings (SSSR count). The molecule has 0 bridgehead atoms. The van der Waals surface area contributed by atoms with E-state index in [-0.39, 0.29) is 16.8 Å². The molecule has 2 aliphatic rings. The Labute approximate surface area is 174 Å². The number of anilines is 1. The van der Waals surface area contributed by atoms with Gasteiger partial charge in [0.15, 0.2) is 0 Å². The number of benzene rings is 2. The van der Waals surface area contributed by atoms with E-state index in [0.29, 0.717) is 11.1 Å². The number of hydrogen-bond acceptors (Lipinski definition) is 2. The molecule has 6 heteroatoms. The van der Waals surface area contributed by atoms with E-state index in [1.54, 1.807) is 6.07 Å². The Hall–Kier alpha value is -1.62. The number of nitrogens with one attached hydrogen (secondary N) is 1. The molecule has 1 amide bonds. The van der Waals surface area contributed by atoms with Crippen molar-refractivity contribution in [1.29, 1.82) is 0 Å². The molecule has 1 aliphatic carbocycles. The minimum absolute atomic E-state index is 0.0158. The van der Waals surface area contributed by atoms with Gasteiger partial charge in [0, 0.05) is 41.3 Å². The first kappa shape index (κ1) is 19.7. The average molecular weight is 421 g/mol. The Morgan fingerprint density at radius 2 is 1.75 bits per heavy atom. The Balaban J connectivity index is 1.26. The standard InChI is InChI=1S/C22H23Cl2FN2O/c23-17-3-1-15(2-4-17)12-27-13-22(14-27)7-5-16(6-8-22)21(28)26-20-10-18(24)9-19(25)11-20/h1-4,9-11,16H,5-8,12-14H2,(H,26,28). The van der Waals surface area contributed by atoms with Gasteiger partial charge < -0.3 is 5.32 Å². The van der Waals surface area contributed by atoms with Gasteiger partial charge >= 0.3 is 0 Å². The third kappa shape index (κ3) is 4.51. The minimum Gasteiger partial charge on any atom is -0.326 e. The molecule has 2 aromatic rings. The van der Waals surface area contributed by atoms with Crippen molar-refractivity contribution in [1.82, 2.24) is 4.90 Å². The van der Waals surface area contributed by atoms with E-state index in [1.807, 2.05) is 12.1 Å². The SMILES string of the molecule is O=C(Nc1cc(F)cc(Cl)c1)C1CCC2(CC1)CN(Cc1ccc(Cl)cc1)C2. The number of hydrogen-bond donors (Lipinski definition) is 1. The highest BCUT2D eigenvalue weighted by Gasteiger charge is 2.45. The first-order valence-corrected chi connectivity index (χ1v) is 10.4. The molecule has 1 saturated carbocycles. The second-order valence-electron chi connectivity index (χ2n) is 8.19. The maximum Gasteiger partial charge on any atom is 0.227 e. The Morgan fingerprint density at radius 1 is 1.07 bits per heavy atom. The third-order valence-electron chi connectivity index (χ3n) is 5.98. The van der Waals surface area contributed by atoms with Crippen LogP contribution in [0.1, 0.15) is 31.2 Å². The molecular weight excluding hydrogens is 398 g/mol. The normalized spacial score (nSPS) is 19.4. The monoisotopic (exact) mass is 420 g/mol. The number of carbonyl (C=O) groups is 1. The molecule has 1 aliphatic heterocycles. The van der Waals surface area contributed by atoms with Crippen molar-refractivity contribution in [3.8, 4) is 0 Å². The van der Waals surface area contributed by atoms with Gasteiger partial charge in [0.25, 0.3) is 0 Å². The summed E-state index contributed by atoms with van der Waals surface area (Å²) in [6, 6.07) is 12.1. The summed E-state index contributed by atoms with van der Waals surface area (Å²) in [5, 5.41) is 3.87. The quantitative estimate of drug-likeness (QED) is 0.681. The van der Waals surface area contributed by atoms with Crippen molar-refractivity contribution in [2.75, 3.05) is 18.4 Å². The van der Waals surface area contributed by atoms with Crippen LogP contribution in [0.2, 0.25) is 10.0 Å². The number of carbonyl (C=O) groups excluding carboxylic acids is 1. The van der Waals surface area contributed by atoms with E-state index in [9.17, 15) is 9.18 Å². The minimum atomic E-state index is -0.444. The highest BCUT2D eigenvalue weighted by molar-refractivity contribution is 6.31. The Kier molecular flexibility index (Phi) is 5.64. The van der Waals surface area contributed by atoms with Crippen LogP contribution < -0.4 is 5.32 Å². The van der Waals surface area contributed by atoms with Gasteiger partial charge in [0.2, 0.25) is 5.91 Å². The summed E-state index contributed by atoms with van der Waals surface area (Å²) in [6.45, 7) is 3.12. The van der Waals surface area contributed by atoms with E-state index >= 15 is 0 Å². The van der Waals surface area contributed by atoms with Crippen molar-refractivity contribution < 1.29 is 9.18 Å². The van der Waals surface area contributed by atoms with Gasteiger partial charge in [-0.05, 0) is 67.0 Å². The summed E-state index contributed by atoms with van der Waals surface area (Å²) in [7, 11) is 0. The van der Waals surface area contributed by atoms with E-state index in [4.69, 9.17) is 23.2 Å². The van der Waals surface area contributed by atoms with Crippen LogP contribution in [-0.4, -0.2) is 23.9 Å². The molecular formula is C22H23Cl2FN2O. The molecule has 2 fully saturated rings. The lowest BCUT2D eigenvalue weighted by molar-refractivity contribution is -0.123. The largest absolute Gasteiger partial charge is 0.326 e. The van der Waals surface area contributed by atoms with Crippen LogP contribution in [0.4, 0.5) is 10.1 Å². The predicted octanol–water partition coefficient (Wildman–Crippen LogP) is 5.76. The summed E-state index contributed by atoms with van der Waals surface area (Å²) in [6.07, 6.45) is 3.88. The molecule has 0 radical (unpaired) electrons. The summed E-state index contributed by atoms with van der Waals surface area (Å²) >= 11 is 11.8. The summed E-state index contributed by atoms with van der Waals surface area (Å²) in [4.78, 5) is 15.0. The van der Waals surface area contributed by atoms with E-state index < -0.39 is 5.82 Å². The van der Waals surface area contributed by atoms with Crippen molar-refractivity contribution in [3.63, 3.8) is 0 Å². The molecule has 1 spiro atoms. The zero-order valence-electron chi connectivity index (χ0n) is 15.6. The molecule has 0 unspecified atom stereocenters. The van der Waals surface area contributed by atoms with Crippen LogP contribution in [0.25, 0.3) is 0 Å². The molecule has 1 heterocycles. The zero-order chi connectivity index (χ0) is 19.7. The van der Waals surface area contributed by atoms with Gasteiger partial charge in [-0.15, -0.1) is 0 Å². The van der Waals surface area contributed by atoms with Crippen molar-refractivity contribution in [2.24, 2.45) is 11.3 Å². The number of rotatable bonds is 4. The van der Waals surface area contributed by atoms with Crippen molar-refractivity contribution in [2.45, 2.75) is 32.2 Å². The van der Waals surface area contributed by atoms with Gasteiger partial charge in [-0.2, -0.15) is 0 Å². The summed E-state index contributed by atoms with van der Waals surface area (Å²) < 4.78 is 13.4. The number of amides is 1. The lowest BCUT2D eigenvalue weighted by atomic mass is 9.65. The van der Waals surface area contributed by atoms with Crippen LogP contribution in [0.3, 0.4) is 0 Å². The summed E-state index contributed by atoms with van der Waals surface area (Å²) in [5.41, 5.74) is 2.06. The molecule has 1 N–H and O–H groups in total. The molecule has 3 nitrogen and oxygen atoms in total. The molecule has 1 saturated heterocycles. The number of halogens is 3. The topological polar surface area (TPSA) is 32.3 Å². The Bertz CT molecular complexity index is 835. The highest BCUT2D eigenvalue weighted by Crippen LogP contribution is 2.46. The fourth-order valence-electron chi connectivity index (χ4n) is 4.54. The van der Waals surface area contributed by atoms with Crippen LogP contribution in [0, 0.1) is 17.2 Å². The van der Waals surface area contributed by atoms with Crippen LogP contribution in [0.15, 0.2) is 42.5 Å². The fourth-order valence-corrected chi connectivity index (χ4v) is 4.89. The van der Waals surface area contributed by atoms with Crippen LogP contribution in [-0.2, 0) is 11.3 Å². The fraction of sp³-hybridized carbons (Fsp3) is 0.409. The molecule has 2 aromatic carbocycles. The van der Waals surface area contributed by atoms with Gasteiger partial charge in [0.1, 0.15) is 5.82 Å². The van der Waals surface area contributed by atoms with Crippen LogP contribution >= 0.6 is 23.2 Å². The van der Waals surface area contributed by atoms with Gasteiger partial charge in [-0.25, -0.2) is 4.39 Å². The van der Waals surface area contributed by atoms with Gasteiger partial charge in [-0.3, -0.25) is 9.69 Å². The van der Waals surface area contributed by atoms with Gasteiger partial charge in [-0.1, -0.05) is 35.3 Å². The molecule has 148 valence electrons. The second-order valence-corrected chi connectivity index (χ2v) is 9.07. The zero-order valence-corrected chi connectivity index (χ0v) is 17.1. The highest BCUT2D eigenvalue weighted by atomic mass is 35.5.